The molecule has 12 heteroatoms. The van der Waals surface area contributed by atoms with Crippen molar-refractivity contribution < 1.29 is 33.5 Å². The van der Waals surface area contributed by atoms with E-state index in [1.165, 1.54) is 18.2 Å². The Bertz CT molecular complexity index is 1370. The van der Waals surface area contributed by atoms with Crippen LogP contribution < -0.4 is 20.3 Å². The van der Waals surface area contributed by atoms with E-state index in [0.717, 1.165) is 11.3 Å². The van der Waals surface area contributed by atoms with Gasteiger partial charge in [-0.3, -0.25) is 39.0 Å². The molecule has 1 unspecified atom stereocenters. The SMILES string of the molecule is O=C1CCC(N2C(=O)c3ccc(OCC(=O)Nc4cc(N5CCCC5=O)ccc4Cl)cc3C2=O)C(=O)N1. The van der Waals surface area contributed by atoms with Gasteiger partial charge in [-0.05, 0) is 49.2 Å². The average molecular weight is 525 g/mol. The predicted octanol–water partition coefficient (Wildman–Crippen LogP) is 1.89. The fraction of sp³-hybridized carbons (Fsp3) is 0.280. The molecule has 6 amide bonds. The van der Waals surface area contributed by atoms with Crippen molar-refractivity contribution >= 4 is 58.4 Å². The molecule has 0 aliphatic carbocycles. The Labute approximate surface area is 215 Å². The summed E-state index contributed by atoms with van der Waals surface area (Å²) in [4.78, 5) is 76.4. The topological polar surface area (TPSA) is 142 Å². The lowest BCUT2D eigenvalue weighted by atomic mass is 10.0. The van der Waals surface area contributed by atoms with Crippen LogP contribution in [0.15, 0.2) is 36.4 Å². The number of carbonyl (C=O) groups is 6. The molecule has 2 aromatic rings. The van der Waals surface area contributed by atoms with Crippen LogP contribution in [-0.2, 0) is 19.2 Å². The molecule has 3 heterocycles. The van der Waals surface area contributed by atoms with Crippen molar-refractivity contribution in [2.75, 3.05) is 23.4 Å². The van der Waals surface area contributed by atoms with Crippen LogP contribution in [0.1, 0.15) is 46.4 Å². The fourth-order valence-corrected chi connectivity index (χ4v) is 4.74. The maximum absolute atomic E-state index is 12.9. The molecular weight excluding hydrogens is 504 g/mol. The molecule has 2 N–H and O–H groups in total. The van der Waals surface area contributed by atoms with Crippen molar-refractivity contribution in [3.05, 3.63) is 52.5 Å². The Hall–Kier alpha value is -4.25. The lowest BCUT2D eigenvalue weighted by Gasteiger charge is -2.27. The first-order valence-electron chi connectivity index (χ1n) is 11.6. The molecule has 0 saturated carbocycles. The molecule has 3 aliphatic heterocycles. The Balaban J connectivity index is 1.24. The predicted molar refractivity (Wildman–Crippen MR) is 130 cm³/mol. The van der Waals surface area contributed by atoms with Gasteiger partial charge in [0.15, 0.2) is 6.61 Å². The van der Waals surface area contributed by atoms with Gasteiger partial charge in [0, 0.05) is 25.1 Å². The van der Waals surface area contributed by atoms with Crippen molar-refractivity contribution in [2.24, 2.45) is 0 Å². The summed E-state index contributed by atoms with van der Waals surface area (Å²) in [7, 11) is 0. The number of halogens is 1. The van der Waals surface area contributed by atoms with Gasteiger partial charge in [-0.25, -0.2) is 0 Å². The maximum atomic E-state index is 12.9. The Morgan fingerprint density at radius 3 is 2.54 bits per heavy atom. The number of fused-ring (bicyclic) bond motifs is 1. The minimum absolute atomic E-state index is 0.00346. The summed E-state index contributed by atoms with van der Waals surface area (Å²) in [5.74, 6) is -2.82. The summed E-state index contributed by atoms with van der Waals surface area (Å²) >= 11 is 6.21. The minimum atomic E-state index is -1.07. The lowest BCUT2D eigenvalue weighted by Crippen LogP contribution is -2.54. The van der Waals surface area contributed by atoms with E-state index in [1.54, 1.807) is 23.1 Å². The molecular formula is C25H21ClN4O7. The van der Waals surface area contributed by atoms with E-state index >= 15 is 0 Å². The molecule has 0 radical (unpaired) electrons. The number of amides is 6. The molecule has 2 aromatic carbocycles. The number of hydrogen-bond donors (Lipinski definition) is 2. The second kappa shape index (κ2) is 9.66. The highest BCUT2D eigenvalue weighted by molar-refractivity contribution is 6.34. The average Bonchev–Trinajstić information content (AvgIpc) is 3.40. The van der Waals surface area contributed by atoms with Crippen LogP contribution >= 0.6 is 11.6 Å². The first kappa shape index (κ1) is 24.4. The van der Waals surface area contributed by atoms with E-state index in [4.69, 9.17) is 16.3 Å². The van der Waals surface area contributed by atoms with Gasteiger partial charge < -0.3 is 15.0 Å². The fourth-order valence-electron chi connectivity index (χ4n) is 4.57. The number of nitrogens with one attached hydrogen (secondary N) is 2. The number of benzene rings is 2. The summed E-state index contributed by atoms with van der Waals surface area (Å²) in [5.41, 5.74) is 1.10. The number of piperidine rings is 1. The first-order valence-corrected chi connectivity index (χ1v) is 12.0. The smallest absolute Gasteiger partial charge is 0.262 e. The van der Waals surface area contributed by atoms with Crippen molar-refractivity contribution in [2.45, 2.75) is 31.7 Å². The number of nitrogens with zero attached hydrogens (tertiary/aromatic N) is 2. The lowest BCUT2D eigenvalue weighted by molar-refractivity contribution is -0.136. The Kier molecular flexibility index (Phi) is 6.38. The van der Waals surface area contributed by atoms with Crippen LogP contribution in [0.5, 0.6) is 5.75 Å². The normalized spacial score (nSPS) is 19.3. The van der Waals surface area contributed by atoms with Crippen molar-refractivity contribution in [3.63, 3.8) is 0 Å². The van der Waals surface area contributed by atoms with Crippen LogP contribution in [0.25, 0.3) is 0 Å². The molecule has 5 rings (SSSR count). The molecule has 3 aliphatic rings. The number of rotatable bonds is 6. The largest absolute Gasteiger partial charge is 0.484 e. The number of anilines is 2. The third-order valence-electron chi connectivity index (χ3n) is 6.39. The Morgan fingerprint density at radius 2 is 1.81 bits per heavy atom. The van der Waals surface area contributed by atoms with E-state index < -0.39 is 42.2 Å². The second-order valence-corrected chi connectivity index (χ2v) is 9.21. The molecule has 37 heavy (non-hydrogen) atoms. The molecule has 190 valence electrons. The van der Waals surface area contributed by atoms with Gasteiger partial charge in [-0.15, -0.1) is 0 Å². The van der Waals surface area contributed by atoms with E-state index in [0.29, 0.717) is 29.4 Å². The highest BCUT2D eigenvalue weighted by Gasteiger charge is 2.44. The van der Waals surface area contributed by atoms with E-state index in [2.05, 4.69) is 10.6 Å². The molecule has 0 aromatic heterocycles. The van der Waals surface area contributed by atoms with Gasteiger partial charge in [0.05, 0.1) is 21.8 Å². The van der Waals surface area contributed by atoms with E-state index in [1.807, 2.05) is 0 Å². The molecule has 1 atom stereocenters. The first-order chi connectivity index (χ1) is 17.7. The molecule has 11 nitrogen and oxygen atoms in total. The number of imide groups is 2. The van der Waals surface area contributed by atoms with Gasteiger partial charge in [0.2, 0.25) is 17.7 Å². The highest BCUT2D eigenvalue weighted by Crippen LogP contribution is 2.31. The van der Waals surface area contributed by atoms with Crippen LogP contribution in [-0.4, -0.2) is 59.5 Å². The molecule has 2 saturated heterocycles. The van der Waals surface area contributed by atoms with Crippen LogP contribution in [0.3, 0.4) is 0 Å². The van der Waals surface area contributed by atoms with E-state index in [9.17, 15) is 28.8 Å². The van der Waals surface area contributed by atoms with Gasteiger partial charge in [-0.1, -0.05) is 11.6 Å². The summed E-state index contributed by atoms with van der Waals surface area (Å²) in [6, 6.07) is 8.01. The second-order valence-electron chi connectivity index (χ2n) is 8.80. The summed E-state index contributed by atoms with van der Waals surface area (Å²) in [5, 5.41) is 5.08. The molecule has 2 fully saturated rings. The number of carbonyl (C=O) groups excluding carboxylic acids is 6. The quantitative estimate of drug-likeness (QED) is 0.549. The maximum Gasteiger partial charge on any atom is 0.262 e. The van der Waals surface area contributed by atoms with E-state index in [-0.39, 0.29) is 35.6 Å². The zero-order chi connectivity index (χ0) is 26.3. The summed E-state index contributed by atoms with van der Waals surface area (Å²) in [6.45, 7) is 0.179. The molecule has 0 bridgehead atoms. The van der Waals surface area contributed by atoms with Gasteiger partial charge in [0.1, 0.15) is 11.8 Å². The van der Waals surface area contributed by atoms with Crippen LogP contribution in [0.4, 0.5) is 11.4 Å². The van der Waals surface area contributed by atoms with Gasteiger partial charge >= 0.3 is 0 Å². The summed E-state index contributed by atoms with van der Waals surface area (Å²) < 4.78 is 5.53. The molecule has 0 spiro atoms. The van der Waals surface area contributed by atoms with Gasteiger partial charge in [0.25, 0.3) is 17.7 Å². The zero-order valence-corrected chi connectivity index (χ0v) is 20.2. The van der Waals surface area contributed by atoms with Crippen molar-refractivity contribution in [1.29, 1.82) is 0 Å². The third kappa shape index (κ3) is 4.65. The Morgan fingerprint density at radius 1 is 1.03 bits per heavy atom. The highest BCUT2D eigenvalue weighted by atomic mass is 35.5. The monoisotopic (exact) mass is 524 g/mol. The zero-order valence-electron chi connectivity index (χ0n) is 19.4. The third-order valence-corrected chi connectivity index (χ3v) is 6.72. The standard InChI is InChI=1S/C25H21ClN4O7/c26-17-6-3-13(29-9-1-2-22(29)33)10-18(17)27-21(32)12-37-14-4-5-15-16(11-14)25(36)30(24(15)35)19-7-8-20(31)28-23(19)34/h3-6,10-11,19H,1-2,7-9,12H2,(H,27,32)(H,28,31,34). The minimum Gasteiger partial charge on any atom is -0.484 e. The van der Waals surface area contributed by atoms with Crippen LogP contribution in [0, 0.1) is 0 Å². The van der Waals surface area contributed by atoms with Crippen molar-refractivity contribution in [1.82, 2.24) is 10.2 Å². The number of ether oxygens (including phenoxy) is 1. The summed E-state index contributed by atoms with van der Waals surface area (Å²) in [6.07, 6.45) is 1.30. The van der Waals surface area contributed by atoms with Gasteiger partial charge in [-0.2, -0.15) is 0 Å². The van der Waals surface area contributed by atoms with Crippen LogP contribution in [0.2, 0.25) is 5.02 Å². The number of hydrogen-bond acceptors (Lipinski definition) is 7. The van der Waals surface area contributed by atoms with Crippen molar-refractivity contribution in [3.8, 4) is 5.75 Å².